The van der Waals surface area contributed by atoms with Gasteiger partial charge in [-0.05, 0) is 61.4 Å². The van der Waals surface area contributed by atoms with Crippen LogP contribution in [0.25, 0.3) is 0 Å². The van der Waals surface area contributed by atoms with Gasteiger partial charge < -0.3 is 15.4 Å². The van der Waals surface area contributed by atoms with Gasteiger partial charge in [-0.25, -0.2) is 0 Å². The Kier molecular flexibility index (Phi) is 6.19. The topological polar surface area (TPSA) is 67.4 Å². The number of rotatable bonds is 6. The zero-order chi connectivity index (χ0) is 25.2. The molecule has 0 radical (unpaired) electrons. The first-order valence-electron chi connectivity index (χ1n) is 12.9. The van der Waals surface area contributed by atoms with Gasteiger partial charge in [-0.2, -0.15) is 0 Å². The van der Waals surface area contributed by atoms with Crippen molar-refractivity contribution in [2.45, 2.75) is 38.1 Å². The number of hydrogen-bond donors (Lipinski definition) is 2. The van der Waals surface area contributed by atoms with Crippen molar-refractivity contribution in [1.82, 2.24) is 0 Å². The van der Waals surface area contributed by atoms with E-state index in [9.17, 15) is 9.59 Å². The van der Waals surface area contributed by atoms with Crippen LogP contribution in [0.3, 0.4) is 0 Å². The van der Waals surface area contributed by atoms with Gasteiger partial charge in [0.1, 0.15) is 11.5 Å². The van der Waals surface area contributed by atoms with Crippen LogP contribution >= 0.6 is 0 Å². The molecule has 0 amide bonds. The standard InChI is InChI=1S/C32H28N2O3/c35-31-25-13-7-8-14-26(25)32(36)30-28(20-19-27(29(30)31)33-21-9-3-1-4-10-21)34-22-15-17-24(18-16-22)37-23-11-5-2-6-12-23/h2,5-8,11-21,33-34H,1,3-4,9-10H2. The summed E-state index contributed by atoms with van der Waals surface area (Å²) in [6.45, 7) is 0. The molecule has 37 heavy (non-hydrogen) atoms. The van der Waals surface area contributed by atoms with Gasteiger partial charge in [0.25, 0.3) is 0 Å². The normalized spacial score (nSPS) is 15.0. The Morgan fingerprint density at radius 2 is 1.16 bits per heavy atom. The summed E-state index contributed by atoms with van der Waals surface area (Å²) in [5.74, 6) is 1.23. The second-order valence-corrected chi connectivity index (χ2v) is 9.66. The molecule has 0 aromatic heterocycles. The maximum Gasteiger partial charge on any atom is 0.196 e. The molecule has 0 unspecified atom stereocenters. The van der Waals surface area contributed by atoms with Gasteiger partial charge in [-0.1, -0.05) is 61.7 Å². The molecule has 1 saturated carbocycles. The SMILES string of the molecule is O=C1c2ccccc2C(=O)c2c(NC3CCCCC3)ccc(Nc3ccc(Oc4ccccc4)cc3)c21. The number of benzene rings is 4. The van der Waals surface area contributed by atoms with Crippen LogP contribution in [0, 0.1) is 0 Å². The van der Waals surface area contributed by atoms with Crippen molar-refractivity contribution >= 4 is 28.6 Å². The minimum atomic E-state index is -0.135. The molecule has 0 saturated heterocycles. The van der Waals surface area contributed by atoms with Crippen LogP contribution in [-0.4, -0.2) is 17.6 Å². The molecule has 6 rings (SSSR count). The molecule has 4 aromatic rings. The average Bonchev–Trinajstić information content (AvgIpc) is 2.94. The predicted octanol–water partition coefficient (Wildman–Crippen LogP) is 7.74. The fourth-order valence-electron chi connectivity index (χ4n) is 5.30. The Balaban J connectivity index is 1.34. The van der Waals surface area contributed by atoms with E-state index in [0.717, 1.165) is 30.0 Å². The number of ether oxygens (including phenoxy) is 1. The first-order valence-corrected chi connectivity index (χ1v) is 12.9. The second-order valence-electron chi connectivity index (χ2n) is 9.66. The molecule has 1 fully saturated rings. The molecule has 5 nitrogen and oxygen atoms in total. The summed E-state index contributed by atoms with van der Waals surface area (Å²) < 4.78 is 5.90. The molecule has 184 valence electrons. The lowest BCUT2D eigenvalue weighted by atomic mass is 9.82. The number of nitrogens with one attached hydrogen (secondary N) is 2. The van der Waals surface area contributed by atoms with Crippen molar-refractivity contribution in [2.75, 3.05) is 10.6 Å². The minimum Gasteiger partial charge on any atom is -0.457 e. The molecule has 0 bridgehead atoms. The molecule has 0 atom stereocenters. The Bertz CT molecular complexity index is 1460. The lowest BCUT2D eigenvalue weighted by Crippen LogP contribution is -2.27. The highest BCUT2D eigenvalue weighted by atomic mass is 16.5. The Morgan fingerprint density at radius 3 is 1.84 bits per heavy atom. The summed E-state index contributed by atoms with van der Waals surface area (Å²) in [5, 5.41) is 6.97. The lowest BCUT2D eigenvalue weighted by molar-refractivity contribution is 0.0980. The zero-order valence-electron chi connectivity index (χ0n) is 20.5. The predicted molar refractivity (Wildman–Crippen MR) is 146 cm³/mol. The van der Waals surface area contributed by atoms with Crippen LogP contribution in [0.5, 0.6) is 11.5 Å². The number of carbonyl (C=O) groups is 2. The summed E-state index contributed by atoms with van der Waals surface area (Å²) >= 11 is 0. The molecule has 0 aliphatic heterocycles. The largest absolute Gasteiger partial charge is 0.457 e. The Morgan fingerprint density at radius 1 is 0.595 bits per heavy atom. The number of para-hydroxylation sites is 1. The summed E-state index contributed by atoms with van der Waals surface area (Å²) in [6.07, 6.45) is 5.76. The van der Waals surface area contributed by atoms with Crippen molar-refractivity contribution in [1.29, 1.82) is 0 Å². The van der Waals surface area contributed by atoms with E-state index in [2.05, 4.69) is 10.6 Å². The van der Waals surface area contributed by atoms with E-state index in [1.807, 2.05) is 72.8 Å². The van der Waals surface area contributed by atoms with Crippen molar-refractivity contribution in [3.63, 3.8) is 0 Å². The van der Waals surface area contributed by atoms with Crippen LogP contribution in [-0.2, 0) is 0 Å². The Labute approximate surface area is 216 Å². The smallest absolute Gasteiger partial charge is 0.196 e. The summed E-state index contributed by atoms with van der Waals surface area (Å²) in [4.78, 5) is 27.4. The number of anilines is 3. The van der Waals surface area contributed by atoms with Gasteiger partial charge in [0.2, 0.25) is 0 Å². The van der Waals surface area contributed by atoms with Gasteiger partial charge in [0.15, 0.2) is 11.6 Å². The maximum atomic E-state index is 13.7. The fraction of sp³-hybridized carbons (Fsp3) is 0.188. The van der Waals surface area contributed by atoms with E-state index in [1.165, 1.54) is 19.3 Å². The molecule has 2 aliphatic rings. The summed E-state index contributed by atoms with van der Waals surface area (Å²) in [7, 11) is 0. The first-order chi connectivity index (χ1) is 18.2. The molecular weight excluding hydrogens is 460 g/mol. The lowest BCUT2D eigenvalue weighted by Gasteiger charge is -2.28. The number of hydrogen-bond acceptors (Lipinski definition) is 5. The third-order valence-corrected chi connectivity index (χ3v) is 7.15. The van der Waals surface area contributed by atoms with Gasteiger partial charge in [0.05, 0.1) is 16.8 Å². The van der Waals surface area contributed by atoms with Gasteiger partial charge >= 0.3 is 0 Å². The second kappa shape index (κ2) is 9.94. The number of ketones is 2. The fourth-order valence-corrected chi connectivity index (χ4v) is 5.30. The molecule has 0 spiro atoms. The van der Waals surface area contributed by atoms with Crippen LogP contribution in [0.15, 0.2) is 91.0 Å². The number of fused-ring (bicyclic) bond motifs is 2. The van der Waals surface area contributed by atoms with E-state index in [0.29, 0.717) is 39.7 Å². The van der Waals surface area contributed by atoms with E-state index < -0.39 is 0 Å². The molecule has 2 aliphatic carbocycles. The van der Waals surface area contributed by atoms with Crippen LogP contribution < -0.4 is 15.4 Å². The van der Waals surface area contributed by atoms with Crippen LogP contribution in [0.4, 0.5) is 17.1 Å². The van der Waals surface area contributed by atoms with Gasteiger partial charge in [-0.3, -0.25) is 9.59 Å². The number of carbonyl (C=O) groups excluding carboxylic acids is 2. The van der Waals surface area contributed by atoms with Gasteiger partial charge in [0, 0.05) is 28.5 Å². The minimum absolute atomic E-state index is 0.112. The third kappa shape index (κ3) is 4.60. The summed E-state index contributed by atoms with van der Waals surface area (Å²) in [6, 6.07) is 28.4. The first kappa shape index (κ1) is 23.0. The zero-order valence-corrected chi connectivity index (χ0v) is 20.5. The van der Waals surface area contributed by atoms with E-state index in [1.54, 1.807) is 18.2 Å². The van der Waals surface area contributed by atoms with Crippen molar-refractivity contribution in [3.8, 4) is 11.5 Å². The molecule has 0 heterocycles. The highest BCUT2D eigenvalue weighted by Crippen LogP contribution is 2.38. The molecular formula is C32H28N2O3. The summed E-state index contributed by atoms with van der Waals surface area (Å²) in [5.41, 5.74) is 3.96. The van der Waals surface area contributed by atoms with Crippen molar-refractivity contribution < 1.29 is 14.3 Å². The molecule has 4 aromatic carbocycles. The monoisotopic (exact) mass is 488 g/mol. The Hall–Kier alpha value is -4.38. The highest BCUT2D eigenvalue weighted by Gasteiger charge is 2.34. The average molecular weight is 489 g/mol. The van der Waals surface area contributed by atoms with Crippen LogP contribution in [0.1, 0.15) is 63.9 Å². The highest BCUT2D eigenvalue weighted by molar-refractivity contribution is 6.32. The van der Waals surface area contributed by atoms with E-state index in [4.69, 9.17) is 4.74 Å². The third-order valence-electron chi connectivity index (χ3n) is 7.15. The van der Waals surface area contributed by atoms with E-state index in [-0.39, 0.29) is 11.6 Å². The molecule has 5 heteroatoms. The van der Waals surface area contributed by atoms with Crippen molar-refractivity contribution in [2.24, 2.45) is 0 Å². The quantitative estimate of drug-likeness (QED) is 0.256. The molecule has 2 N–H and O–H groups in total. The van der Waals surface area contributed by atoms with Crippen LogP contribution in [0.2, 0.25) is 0 Å². The maximum absolute atomic E-state index is 13.7. The van der Waals surface area contributed by atoms with E-state index >= 15 is 0 Å². The van der Waals surface area contributed by atoms with Gasteiger partial charge in [-0.15, -0.1) is 0 Å². The van der Waals surface area contributed by atoms with Crippen molar-refractivity contribution in [3.05, 3.63) is 113 Å².